The summed E-state index contributed by atoms with van der Waals surface area (Å²) in [4.78, 5) is 10.9. The third-order valence-corrected chi connectivity index (χ3v) is 2.34. The van der Waals surface area contributed by atoms with Gasteiger partial charge in [-0.15, -0.1) is 0 Å². The highest BCUT2D eigenvalue weighted by molar-refractivity contribution is 5.71. The average Bonchev–Trinajstić information content (AvgIpc) is 2.35. The lowest BCUT2D eigenvalue weighted by atomic mass is 10.2. The van der Waals surface area contributed by atoms with Gasteiger partial charge in [0.15, 0.2) is 0 Å². The molecule has 1 unspecified atom stereocenters. The van der Waals surface area contributed by atoms with Gasteiger partial charge in [0, 0.05) is 6.04 Å². The maximum atomic E-state index is 10.9. The van der Waals surface area contributed by atoms with Gasteiger partial charge in [-0.3, -0.25) is 4.79 Å². The zero-order chi connectivity index (χ0) is 12.7. The largest absolute Gasteiger partial charge is 0.492 e. The minimum absolute atomic E-state index is 0.0930. The molecule has 1 N–H and O–H groups in total. The molecule has 94 valence electrons. The van der Waals surface area contributed by atoms with Gasteiger partial charge in [-0.2, -0.15) is 0 Å². The van der Waals surface area contributed by atoms with Crippen molar-refractivity contribution in [1.82, 2.24) is 5.32 Å². The molecule has 4 heteroatoms. The Balaban J connectivity index is 2.25. The molecule has 0 saturated heterocycles. The van der Waals surface area contributed by atoms with Gasteiger partial charge < -0.3 is 14.8 Å². The summed E-state index contributed by atoms with van der Waals surface area (Å²) in [6, 6.07) is 7.96. The number of esters is 1. The van der Waals surface area contributed by atoms with E-state index in [0.29, 0.717) is 6.61 Å². The fourth-order valence-electron chi connectivity index (χ4n) is 1.24. The highest BCUT2D eigenvalue weighted by Gasteiger charge is 2.05. The van der Waals surface area contributed by atoms with Gasteiger partial charge in [0.25, 0.3) is 0 Å². The van der Waals surface area contributed by atoms with Crippen molar-refractivity contribution in [2.24, 2.45) is 0 Å². The van der Waals surface area contributed by atoms with Gasteiger partial charge in [-0.05, 0) is 26.0 Å². The number of hydrogen-bond acceptors (Lipinski definition) is 4. The predicted molar refractivity (Wildman–Crippen MR) is 66.2 cm³/mol. The van der Waals surface area contributed by atoms with Crippen molar-refractivity contribution in [3.63, 3.8) is 0 Å². The summed E-state index contributed by atoms with van der Waals surface area (Å²) in [5.74, 6) is 0.564. The molecule has 0 aromatic heterocycles. The summed E-state index contributed by atoms with van der Waals surface area (Å²) < 4.78 is 10.1. The van der Waals surface area contributed by atoms with E-state index in [-0.39, 0.29) is 18.6 Å². The number of carbonyl (C=O) groups is 1. The minimum Gasteiger partial charge on any atom is -0.492 e. The highest BCUT2D eigenvalue weighted by atomic mass is 16.5. The molecule has 1 rings (SSSR count). The summed E-state index contributed by atoms with van der Waals surface area (Å²) in [7, 11) is 1.37. The molecular formula is C13H19NO3. The van der Waals surface area contributed by atoms with E-state index >= 15 is 0 Å². The topological polar surface area (TPSA) is 47.6 Å². The normalized spacial score (nSPS) is 11.9. The molecule has 1 atom stereocenters. The van der Waals surface area contributed by atoms with Gasteiger partial charge in [0.05, 0.1) is 13.7 Å². The van der Waals surface area contributed by atoms with Crippen molar-refractivity contribution in [2.45, 2.75) is 19.9 Å². The lowest BCUT2D eigenvalue weighted by molar-refractivity contribution is -0.139. The molecular weight excluding hydrogens is 218 g/mol. The molecule has 0 radical (unpaired) electrons. The Morgan fingerprint density at radius 2 is 2.00 bits per heavy atom. The lowest BCUT2D eigenvalue weighted by Gasteiger charge is -2.14. The fourth-order valence-corrected chi connectivity index (χ4v) is 1.24. The van der Waals surface area contributed by atoms with Crippen molar-refractivity contribution in [3.05, 3.63) is 29.8 Å². The number of methoxy groups -OCH3 is 1. The highest BCUT2D eigenvalue weighted by Crippen LogP contribution is 2.11. The fraction of sp³-hybridized carbons (Fsp3) is 0.462. The van der Waals surface area contributed by atoms with Crippen molar-refractivity contribution < 1.29 is 14.3 Å². The van der Waals surface area contributed by atoms with Crippen LogP contribution in [0.5, 0.6) is 5.75 Å². The molecule has 1 aromatic rings. The van der Waals surface area contributed by atoms with Crippen LogP contribution in [-0.4, -0.2) is 32.3 Å². The first-order valence-electron chi connectivity index (χ1n) is 5.61. The number of hydrogen-bond donors (Lipinski definition) is 1. The Bertz CT molecular complexity index is 348. The summed E-state index contributed by atoms with van der Waals surface area (Å²) in [5, 5.41) is 3.02. The van der Waals surface area contributed by atoms with Crippen LogP contribution in [0.3, 0.4) is 0 Å². The van der Waals surface area contributed by atoms with Crippen LogP contribution in [0.25, 0.3) is 0 Å². The summed E-state index contributed by atoms with van der Waals surface area (Å²) in [6.45, 7) is 4.70. The van der Waals surface area contributed by atoms with Gasteiger partial charge >= 0.3 is 5.97 Å². The zero-order valence-electron chi connectivity index (χ0n) is 10.5. The monoisotopic (exact) mass is 237 g/mol. The third-order valence-electron chi connectivity index (χ3n) is 2.34. The van der Waals surface area contributed by atoms with E-state index in [1.165, 1.54) is 12.7 Å². The van der Waals surface area contributed by atoms with Gasteiger partial charge in [-0.1, -0.05) is 17.7 Å². The third kappa shape index (κ3) is 5.36. The maximum absolute atomic E-state index is 10.9. The van der Waals surface area contributed by atoms with E-state index in [9.17, 15) is 4.79 Å². The van der Waals surface area contributed by atoms with Crippen LogP contribution < -0.4 is 10.1 Å². The Morgan fingerprint density at radius 3 is 2.59 bits per heavy atom. The van der Waals surface area contributed by atoms with Crippen LogP contribution in [0.4, 0.5) is 0 Å². The van der Waals surface area contributed by atoms with E-state index < -0.39 is 0 Å². The molecule has 0 aliphatic rings. The molecule has 0 spiro atoms. The Labute approximate surface area is 102 Å². The second-order valence-electron chi connectivity index (χ2n) is 3.98. The molecule has 0 aliphatic carbocycles. The molecule has 0 heterocycles. The van der Waals surface area contributed by atoms with Crippen LogP contribution in [-0.2, 0) is 9.53 Å². The van der Waals surface area contributed by atoms with Crippen molar-refractivity contribution >= 4 is 5.97 Å². The SMILES string of the molecule is COC(=O)CNC(C)COc1ccc(C)cc1. The first kappa shape index (κ1) is 13.5. The molecule has 0 saturated carbocycles. The van der Waals surface area contributed by atoms with Crippen LogP contribution in [0.1, 0.15) is 12.5 Å². The summed E-state index contributed by atoms with van der Waals surface area (Å²) in [6.07, 6.45) is 0. The van der Waals surface area contributed by atoms with E-state index in [4.69, 9.17) is 4.74 Å². The smallest absolute Gasteiger partial charge is 0.319 e. The van der Waals surface area contributed by atoms with E-state index in [1.54, 1.807) is 0 Å². The maximum Gasteiger partial charge on any atom is 0.319 e. The number of nitrogens with one attached hydrogen (secondary N) is 1. The second kappa shape index (κ2) is 6.91. The van der Waals surface area contributed by atoms with Crippen LogP contribution >= 0.6 is 0 Å². The molecule has 1 aromatic carbocycles. The molecule has 4 nitrogen and oxygen atoms in total. The molecule has 0 aliphatic heterocycles. The number of aryl methyl sites for hydroxylation is 1. The van der Waals surface area contributed by atoms with Crippen LogP contribution in [0.15, 0.2) is 24.3 Å². The van der Waals surface area contributed by atoms with Gasteiger partial charge in [-0.25, -0.2) is 0 Å². The standard InChI is InChI=1S/C13H19NO3/c1-10-4-6-12(7-5-10)17-9-11(2)14-8-13(15)16-3/h4-7,11,14H,8-9H2,1-3H3. The number of rotatable bonds is 6. The number of carbonyl (C=O) groups excluding carboxylic acids is 1. The predicted octanol–water partition coefficient (Wildman–Crippen LogP) is 1.52. The van der Waals surface area contributed by atoms with E-state index in [2.05, 4.69) is 10.1 Å². The number of benzene rings is 1. The van der Waals surface area contributed by atoms with Gasteiger partial charge in [0.1, 0.15) is 12.4 Å². The van der Waals surface area contributed by atoms with Crippen LogP contribution in [0, 0.1) is 6.92 Å². The molecule has 0 fully saturated rings. The van der Waals surface area contributed by atoms with Crippen LogP contribution in [0.2, 0.25) is 0 Å². The Morgan fingerprint density at radius 1 is 1.35 bits per heavy atom. The zero-order valence-corrected chi connectivity index (χ0v) is 10.5. The average molecular weight is 237 g/mol. The Kier molecular flexibility index (Phi) is 5.49. The van der Waals surface area contributed by atoms with Crippen molar-refractivity contribution in [3.8, 4) is 5.75 Å². The van der Waals surface area contributed by atoms with E-state index in [1.807, 2.05) is 38.1 Å². The quantitative estimate of drug-likeness (QED) is 0.762. The van der Waals surface area contributed by atoms with E-state index in [0.717, 1.165) is 5.75 Å². The van der Waals surface area contributed by atoms with Crippen molar-refractivity contribution in [2.75, 3.05) is 20.3 Å². The summed E-state index contributed by atoms with van der Waals surface area (Å²) in [5.41, 5.74) is 1.20. The van der Waals surface area contributed by atoms with Crippen molar-refractivity contribution in [1.29, 1.82) is 0 Å². The molecule has 0 bridgehead atoms. The minimum atomic E-state index is -0.271. The number of ether oxygens (including phenoxy) is 2. The van der Waals surface area contributed by atoms with Gasteiger partial charge in [0.2, 0.25) is 0 Å². The molecule has 0 amide bonds. The Hall–Kier alpha value is -1.55. The lowest BCUT2D eigenvalue weighted by Crippen LogP contribution is -2.36. The summed E-state index contributed by atoms with van der Waals surface area (Å²) >= 11 is 0. The first-order chi connectivity index (χ1) is 8.11. The first-order valence-corrected chi connectivity index (χ1v) is 5.61. The molecule has 17 heavy (non-hydrogen) atoms. The second-order valence-corrected chi connectivity index (χ2v) is 3.98.